The van der Waals surface area contributed by atoms with Gasteiger partial charge in [0.05, 0.1) is 7.11 Å². The number of hydrogen-bond donors (Lipinski definition) is 2. The fourth-order valence-corrected chi connectivity index (χ4v) is 1.16. The Morgan fingerprint density at radius 3 is 2.56 bits per heavy atom. The maximum Gasteiger partial charge on any atom is 0.421 e. The summed E-state index contributed by atoms with van der Waals surface area (Å²) in [4.78, 5) is 22.3. The number of hydrogen-bond acceptors (Lipinski definition) is 5. The Morgan fingerprint density at radius 1 is 1.28 bits per heavy atom. The fraction of sp³-hybridized carbons (Fsp3) is 0.333. The van der Waals surface area contributed by atoms with Gasteiger partial charge in [-0.25, -0.2) is 10.2 Å². The van der Waals surface area contributed by atoms with Crippen LogP contribution in [0, 0.1) is 0 Å². The van der Waals surface area contributed by atoms with Crippen LogP contribution in [0.1, 0.15) is 12.5 Å². The molecule has 0 aliphatic rings. The molecular weight excluding hydrogens is 236 g/mol. The summed E-state index contributed by atoms with van der Waals surface area (Å²) in [7, 11) is 1.27. The average molecular weight is 252 g/mol. The minimum Gasteiger partial charge on any atom is -0.468 e. The van der Waals surface area contributed by atoms with Gasteiger partial charge in [-0.3, -0.25) is 10.2 Å². The summed E-state index contributed by atoms with van der Waals surface area (Å²) >= 11 is 0. The van der Waals surface area contributed by atoms with Gasteiger partial charge >= 0.3 is 12.1 Å². The molecule has 6 nitrogen and oxygen atoms in total. The van der Waals surface area contributed by atoms with Gasteiger partial charge in [-0.2, -0.15) is 0 Å². The molecule has 1 aromatic carbocycles. The molecule has 18 heavy (non-hydrogen) atoms. The van der Waals surface area contributed by atoms with Crippen molar-refractivity contribution in [2.75, 3.05) is 7.11 Å². The molecule has 0 aromatic heterocycles. The number of benzene rings is 1. The van der Waals surface area contributed by atoms with Gasteiger partial charge in [0.25, 0.3) is 0 Å². The van der Waals surface area contributed by atoms with Gasteiger partial charge in [-0.1, -0.05) is 30.3 Å². The van der Waals surface area contributed by atoms with Gasteiger partial charge in [0, 0.05) is 0 Å². The molecule has 0 fully saturated rings. The molecule has 0 bridgehead atoms. The highest BCUT2D eigenvalue weighted by molar-refractivity contribution is 5.75. The summed E-state index contributed by atoms with van der Waals surface area (Å²) in [6, 6.07) is 8.64. The number of carbonyl (C=O) groups is 2. The molecule has 6 heteroatoms. The van der Waals surface area contributed by atoms with Crippen LogP contribution in [0.15, 0.2) is 30.3 Å². The monoisotopic (exact) mass is 252 g/mol. The minimum absolute atomic E-state index is 0.168. The molecule has 0 saturated carbocycles. The van der Waals surface area contributed by atoms with Crippen molar-refractivity contribution < 1.29 is 19.1 Å². The highest BCUT2D eigenvalue weighted by Gasteiger charge is 2.13. The summed E-state index contributed by atoms with van der Waals surface area (Å²) in [6.45, 7) is 1.73. The van der Waals surface area contributed by atoms with Crippen LogP contribution in [-0.2, 0) is 20.9 Å². The maximum absolute atomic E-state index is 11.3. The van der Waals surface area contributed by atoms with E-state index in [1.54, 1.807) is 6.92 Å². The summed E-state index contributed by atoms with van der Waals surface area (Å²) in [5, 5.41) is 0. The van der Waals surface area contributed by atoms with Gasteiger partial charge in [-0.15, -0.1) is 0 Å². The molecule has 0 saturated heterocycles. The van der Waals surface area contributed by atoms with E-state index < -0.39 is 18.1 Å². The Balaban J connectivity index is 2.24. The number of rotatable bonds is 5. The summed E-state index contributed by atoms with van der Waals surface area (Å²) < 4.78 is 9.41. The zero-order valence-corrected chi connectivity index (χ0v) is 10.3. The van der Waals surface area contributed by atoms with Crippen molar-refractivity contribution in [2.24, 2.45) is 0 Å². The first kappa shape index (κ1) is 14.0. The van der Waals surface area contributed by atoms with Crippen molar-refractivity contribution in [3.05, 3.63) is 35.9 Å². The number of amides is 1. The lowest BCUT2D eigenvalue weighted by atomic mass is 10.2. The molecule has 2 N–H and O–H groups in total. The normalized spacial score (nSPS) is 11.4. The molecule has 1 aromatic rings. The average Bonchev–Trinajstić information content (AvgIpc) is 2.42. The van der Waals surface area contributed by atoms with E-state index in [9.17, 15) is 9.59 Å². The maximum atomic E-state index is 11.3. The molecule has 1 amide bonds. The first-order valence-corrected chi connectivity index (χ1v) is 5.43. The van der Waals surface area contributed by atoms with Gasteiger partial charge in [-0.05, 0) is 12.5 Å². The predicted octanol–water partition coefficient (Wildman–Crippen LogP) is 0.979. The SMILES string of the molecule is COC(=O)C(C)NNC(=O)OCc1ccccc1. The van der Waals surface area contributed by atoms with Gasteiger partial charge in [0.1, 0.15) is 12.6 Å². The quantitative estimate of drug-likeness (QED) is 0.603. The summed E-state index contributed by atoms with van der Waals surface area (Å²) in [5.74, 6) is -0.474. The Morgan fingerprint density at radius 2 is 1.94 bits per heavy atom. The third-order valence-electron chi connectivity index (χ3n) is 2.16. The van der Waals surface area contributed by atoms with E-state index in [4.69, 9.17) is 4.74 Å². The molecule has 0 aliphatic carbocycles. The molecule has 98 valence electrons. The topological polar surface area (TPSA) is 76.7 Å². The Kier molecular flexibility index (Phi) is 5.66. The molecule has 0 aliphatic heterocycles. The Hall–Kier alpha value is -2.08. The van der Waals surface area contributed by atoms with Crippen LogP contribution in [0.2, 0.25) is 0 Å². The largest absolute Gasteiger partial charge is 0.468 e. The first-order chi connectivity index (χ1) is 8.63. The van der Waals surface area contributed by atoms with Crippen LogP contribution in [0.25, 0.3) is 0 Å². The summed E-state index contributed by atoms with van der Waals surface area (Å²) in [5.41, 5.74) is 5.61. The predicted molar refractivity (Wildman–Crippen MR) is 64.4 cm³/mol. The molecule has 1 rings (SSSR count). The van der Waals surface area contributed by atoms with E-state index in [-0.39, 0.29) is 6.61 Å². The lowest BCUT2D eigenvalue weighted by Crippen LogP contribution is -2.47. The zero-order chi connectivity index (χ0) is 13.4. The number of esters is 1. The van der Waals surface area contributed by atoms with Crippen molar-refractivity contribution >= 4 is 12.1 Å². The molecule has 1 atom stereocenters. The van der Waals surface area contributed by atoms with E-state index >= 15 is 0 Å². The van der Waals surface area contributed by atoms with Crippen molar-refractivity contribution in [1.82, 2.24) is 10.9 Å². The Bertz CT molecular complexity index is 394. The van der Waals surface area contributed by atoms with Crippen LogP contribution >= 0.6 is 0 Å². The molecule has 0 heterocycles. The zero-order valence-electron chi connectivity index (χ0n) is 10.3. The van der Waals surface area contributed by atoms with Crippen LogP contribution in [-0.4, -0.2) is 25.2 Å². The highest BCUT2D eigenvalue weighted by Crippen LogP contribution is 2.00. The molecule has 1 unspecified atom stereocenters. The standard InChI is InChI=1S/C12H16N2O4/c1-9(11(15)17-2)13-14-12(16)18-8-10-6-4-3-5-7-10/h3-7,9,13H,8H2,1-2H3,(H,14,16). The first-order valence-electron chi connectivity index (χ1n) is 5.43. The molecular formula is C12H16N2O4. The second-order valence-corrected chi connectivity index (χ2v) is 3.58. The van der Waals surface area contributed by atoms with Crippen molar-refractivity contribution in [3.63, 3.8) is 0 Å². The van der Waals surface area contributed by atoms with Crippen molar-refractivity contribution in [1.29, 1.82) is 0 Å². The van der Waals surface area contributed by atoms with Crippen LogP contribution < -0.4 is 10.9 Å². The number of hydrazine groups is 1. The van der Waals surface area contributed by atoms with E-state index in [2.05, 4.69) is 15.6 Å². The highest BCUT2D eigenvalue weighted by atomic mass is 16.6. The number of carbonyl (C=O) groups excluding carboxylic acids is 2. The number of methoxy groups -OCH3 is 1. The second-order valence-electron chi connectivity index (χ2n) is 3.58. The van der Waals surface area contributed by atoms with E-state index in [1.807, 2.05) is 30.3 Å². The molecule has 0 radical (unpaired) electrons. The van der Waals surface area contributed by atoms with Gasteiger partial charge < -0.3 is 9.47 Å². The third kappa shape index (κ3) is 4.84. The van der Waals surface area contributed by atoms with E-state index in [0.29, 0.717) is 0 Å². The van der Waals surface area contributed by atoms with Crippen LogP contribution in [0.3, 0.4) is 0 Å². The van der Waals surface area contributed by atoms with Crippen molar-refractivity contribution in [2.45, 2.75) is 19.6 Å². The lowest BCUT2D eigenvalue weighted by molar-refractivity contribution is -0.142. The third-order valence-corrected chi connectivity index (χ3v) is 2.16. The smallest absolute Gasteiger partial charge is 0.421 e. The van der Waals surface area contributed by atoms with Gasteiger partial charge in [0.2, 0.25) is 0 Å². The lowest BCUT2D eigenvalue weighted by Gasteiger charge is -2.12. The Labute approximate surface area is 105 Å². The van der Waals surface area contributed by atoms with Crippen LogP contribution in [0.4, 0.5) is 4.79 Å². The van der Waals surface area contributed by atoms with E-state index in [0.717, 1.165) is 5.56 Å². The van der Waals surface area contributed by atoms with Gasteiger partial charge in [0.15, 0.2) is 0 Å². The number of nitrogens with one attached hydrogen (secondary N) is 2. The second kappa shape index (κ2) is 7.29. The summed E-state index contributed by atoms with van der Waals surface area (Å²) in [6.07, 6.45) is -0.658. The molecule has 0 spiro atoms. The van der Waals surface area contributed by atoms with Crippen LogP contribution in [0.5, 0.6) is 0 Å². The van der Waals surface area contributed by atoms with E-state index in [1.165, 1.54) is 7.11 Å². The number of ether oxygens (including phenoxy) is 2. The fourth-order valence-electron chi connectivity index (χ4n) is 1.16. The minimum atomic E-state index is -0.658. The van der Waals surface area contributed by atoms with Crippen molar-refractivity contribution in [3.8, 4) is 0 Å².